The van der Waals surface area contributed by atoms with Gasteiger partial charge in [0.25, 0.3) is 0 Å². The monoisotopic (exact) mass is 277 g/mol. The first kappa shape index (κ1) is 15.3. The number of nitrogens with one attached hydrogen (secondary N) is 1. The molecule has 0 radical (unpaired) electrons. The topological polar surface area (TPSA) is 41.5 Å². The maximum absolute atomic E-state index is 9.63. The molecule has 2 atom stereocenters. The van der Waals surface area contributed by atoms with E-state index in [2.05, 4.69) is 44.3 Å². The van der Waals surface area contributed by atoms with E-state index in [1.54, 1.807) is 0 Å². The lowest BCUT2D eigenvalue weighted by molar-refractivity contribution is 0.142. The van der Waals surface area contributed by atoms with Crippen molar-refractivity contribution >= 4 is 0 Å². The van der Waals surface area contributed by atoms with Crippen LogP contribution in [0.5, 0.6) is 5.75 Å². The molecule has 2 rings (SSSR count). The predicted octanol–water partition coefficient (Wildman–Crippen LogP) is 3.08. The number of benzene rings is 1. The van der Waals surface area contributed by atoms with Crippen LogP contribution >= 0.6 is 0 Å². The Balaban J connectivity index is 1.99. The van der Waals surface area contributed by atoms with Gasteiger partial charge in [-0.25, -0.2) is 0 Å². The molecule has 0 bridgehead atoms. The Kier molecular flexibility index (Phi) is 5.06. The Labute approximate surface area is 122 Å². The molecule has 3 nitrogen and oxygen atoms in total. The highest BCUT2D eigenvalue weighted by Gasteiger charge is 2.39. The van der Waals surface area contributed by atoms with Gasteiger partial charge in [0.05, 0.1) is 6.61 Å². The Bertz CT molecular complexity index is 433. The smallest absolute Gasteiger partial charge is 0.120 e. The highest BCUT2D eigenvalue weighted by atomic mass is 16.5. The number of ether oxygens (including phenoxy) is 1. The van der Waals surface area contributed by atoms with Gasteiger partial charge < -0.3 is 15.2 Å². The summed E-state index contributed by atoms with van der Waals surface area (Å²) in [4.78, 5) is 0. The number of likely N-dealkylation sites (N-methyl/N-ethyl adjacent to an activating group) is 1. The van der Waals surface area contributed by atoms with Gasteiger partial charge in [0.15, 0.2) is 0 Å². The summed E-state index contributed by atoms with van der Waals surface area (Å²) < 4.78 is 6.12. The molecule has 1 aliphatic carbocycles. The van der Waals surface area contributed by atoms with Crippen LogP contribution in [-0.2, 0) is 0 Å². The van der Waals surface area contributed by atoms with Crippen LogP contribution in [0, 0.1) is 0 Å². The van der Waals surface area contributed by atoms with Crippen molar-refractivity contribution < 1.29 is 9.84 Å². The summed E-state index contributed by atoms with van der Waals surface area (Å²) in [5.41, 5.74) is 1.16. The van der Waals surface area contributed by atoms with Crippen LogP contribution in [-0.4, -0.2) is 29.9 Å². The minimum atomic E-state index is -0.144. The van der Waals surface area contributed by atoms with Crippen LogP contribution in [0.1, 0.15) is 51.5 Å². The van der Waals surface area contributed by atoms with E-state index in [-0.39, 0.29) is 18.2 Å². The molecule has 2 N–H and O–H groups in total. The van der Waals surface area contributed by atoms with Crippen molar-refractivity contribution in [1.82, 2.24) is 5.32 Å². The summed E-state index contributed by atoms with van der Waals surface area (Å²) in [6.45, 7) is 7.54. The lowest BCUT2D eigenvalue weighted by Gasteiger charge is -2.28. The summed E-state index contributed by atoms with van der Waals surface area (Å²) in [7, 11) is 0. The average Bonchev–Trinajstić information content (AvgIpc) is 2.83. The fourth-order valence-electron chi connectivity index (χ4n) is 3.05. The Morgan fingerprint density at radius 2 is 2.25 bits per heavy atom. The molecule has 0 spiro atoms. The minimum absolute atomic E-state index is 0.144. The normalized spacial score (nSPS) is 26.1. The number of hydrogen-bond acceptors (Lipinski definition) is 3. The van der Waals surface area contributed by atoms with Crippen molar-refractivity contribution in [1.29, 1.82) is 0 Å². The largest absolute Gasteiger partial charge is 0.490 e. The second kappa shape index (κ2) is 6.59. The molecule has 1 saturated carbocycles. The Morgan fingerprint density at radius 3 is 2.90 bits per heavy atom. The second-order valence-corrected chi connectivity index (χ2v) is 6.18. The molecule has 20 heavy (non-hydrogen) atoms. The molecule has 112 valence electrons. The molecule has 0 aromatic heterocycles. The molecule has 1 aromatic carbocycles. The number of aliphatic hydroxyl groups is 1. The van der Waals surface area contributed by atoms with Crippen LogP contribution in [0.4, 0.5) is 0 Å². The van der Waals surface area contributed by atoms with E-state index in [9.17, 15) is 5.11 Å². The summed E-state index contributed by atoms with van der Waals surface area (Å²) in [5, 5.41) is 13.1. The molecule has 2 unspecified atom stereocenters. The molecular formula is C17H27NO2. The van der Waals surface area contributed by atoms with E-state index in [1.165, 1.54) is 5.56 Å². The molecule has 0 amide bonds. The molecule has 0 heterocycles. The third-order valence-corrected chi connectivity index (χ3v) is 4.25. The van der Waals surface area contributed by atoms with Crippen LogP contribution in [0.15, 0.2) is 24.3 Å². The van der Waals surface area contributed by atoms with Crippen LogP contribution in [0.25, 0.3) is 0 Å². The number of hydrogen-bond donors (Lipinski definition) is 2. The molecule has 0 saturated heterocycles. The van der Waals surface area contributed by atoms with E-state index < -0.39 is 0 Å². The second-order valence-electron chi connectivity index (χ2n) is 6.18. The van der Waals surface area contributed by atoms with Gasteiger partial charge in [-0.05, 0) is 43.0 Å². The van der Waals surface area contributed by atoms with Gasteiger partial charge in [0.1, 0.15) is 11.9 Å². The van der Waals surface area contributed by atoms with Crippen molar-refractivity contribution in [2.45, 2.75) is 57.6 Å². The Hall–Kier alpha value is -1.06. The first-order valence-electron chi connectivity index (χ1n) is 7.71. The zero-order valence-electron chi connectivity index (χ0n) is 12.9. The molecule has 1 fully saturated rings. The van der Waals surface area contributed by atoms with Gasteiger partial charge in [0, 0.05) is 12.0 Å². The fourth-order valence-corrected chi connectivity index (χ4v) is 3.05. The lowest BCUT2D eigenvalue weighted by Crippen LogP contribution is -2.46. The molecule has 1 aliphatic rings. The first-order chi connectivity index (χ1) is 9.58. The van der Waals surface area contributed by atoms with Crippen molar-refractivity contribution in [3.8, 4) is 5.75 Å². The third kappa shape index (κ3) is 3.53. The first-order valence-corrected chi connectivity index (χ1v) is 7.71. The number of rotatable bonds is 6. The van der Waals surface area contributed by atoms with Gasteiger partial charge in [-0.1, -0.05) is 32.9 Å². The zero-order valence-corrected chi connectivity index (χ0v) is 12.9. The van der Waals surface area contributed by atoms with Gasteiger partial charge >= 0.3 is 0 Å². The third-order valence-electron chi connectivity index (χ3n) is 4.25. The van der Waals surface area contributed by atoms with Crippen molar-refractivity contribution in [2.75, 3.05) is 13.2 Å². The maximum atomic E-state index is 9.63. The number of aliphatic hydroxyl groups excluding tert-OH is 1. The SMILES string of the molecule is CCNC1(CO)CCC(Oc2cccc(C(C)C)c2)C1. The average molecular weight is 277 g/mol. The highest BCUT2D eigenvalue weighted by Crippen LogP contribution is 2.33. The van der Waals surface area contributed by atoms with Crippen LogP contribution < -0.4 is 10.1 Å². The van der Waals surface area contributed by atoms with Gasteiger partial charge in [-0.2, -0.15) is 0 Å². The van der Waals surface area contributed by atoms with Crippen molar-refractivity contribution in [3.63, 3.8) is 0 Å². The zero-order chi connectivity index (χ0) is 14.6. The van der Waals surface area contributed by atoms with E-state index in [0.29, 0.717) is 5.92 Å². The highest BCUT2D eigenvalue weighted by molar-refractivity contribution is 5.30. The standard InChI is InChI=1S/C17H27NO2/c1-4-18-17(12-19)9-8-16(11-17)20-15-7-5-6-14(10-15)13(2)3/h5-7,10,13,16,18-19H,4,8-9,11-12H2,1-3H3. The van der Waals surface area contributed by atoms with Crippen molar-refractivity contribution in [2.24, 2.45) is 0 Å². The maximum Gasteiger partial charge on any atom is 0.120 e. The minimum Gasteiger partial charge on any atom is -0.490 e. The fraction of sp³-hybridized carbons (Fsp3) is 0.647. The van der Waals surface area contributed by atoms with Gasteiger partial charge in [-0.15, -0.1) is 0 Å². The van der Waals surface area contributed by atoms with E-state index in [4.69, 9.17) is 4.74 Å². The van der Waals surface area contributed by atoms with E-state index in [0.717, 1.165) is 31.6 Å². The molecule has 1 aromatic rings. The quantitative estimate of drug-likeness (QED) is 0.839. The van der Waals surface area contributed by atoms with Crippen LogP contribution in [0.2, 0.25) is 0 Å². The van der Waals surface area contributed by atoms with E-state index >= 15 is 0 Å². The van der Waals surface area contributed by atoms with Gasteiger partial charge in [-0.3, -0.25) is 0 Å². The van der Waals surface area contributed by atoms with Crippen molar-refractivity contribution in [3.05, 3.63) is 29.8 Å². The summed E-state index contributed by atoms with van der Waals surface area (Å²) in [6, 6.07) is 8.36. The van der Waals surface area contributed by atoms with Crippen LogP contribution in [0.3, 0.4) is 0 Å². The lowest BCUT2D eigenvalue weighted by atomic mass is 9.99. The molecular weight excluding hydrogens is 250 g/mol. The predicted molar refractivity (Wildman–Crippen MR) is 82.3 cm³/mol. The Morgan fingerprint density at radius 1 is 1.45 bits per heavy atom. The summed E-state index contributed by atoms with van der Waals surface area (Å²) in [6.07, 6.45) is 3.05. The summed E-state index contributed by atoms with van der Waals surface area (Å²) in [5.74, 6) is 1.46. The molecule has 0 aliphatic heterocycles. The summed E-state index contributed by atoms with van der Waals surface area (Å²) >= 11 is 0. The molecule has 3 heteroatoms. The van der Waals surface area contributed by atoms with Gasteiger partial charge in [0.2, 0.25) is 0 Å². The van der Waals surface area contributed by atoms with E-state index in [1.807, 2.05) is 6.07 Å².